The molecule has 4 nitrogen and oxygen atoms in total. The summed E-state index contributed by atoms with van der Waals surface area (Å²) in [4.78, 5) is 15.1. The second kappa shape index (κ2) is 7.69. The summed E-state index contributed by atoms with van der Waals surface area (Å²) in [5, 5.41) is 9.01. The highest BCUT2D eigenvalue weighted by Crippen LogP contribution is 2.16. The number of rotatable bonds is 8. The van der Waals surface area contributed by atoms with Crippen LogP contribution in [-0.2, 0) is 0 Å². The van der Waals surface area contributed by atoms with Crippen LogP contribution < -0.4 is 4.74 Å². The van der Waals surface area contributed by atoms with Crippen LogP contribution >= 0.6 is 0 Å². The highest BCUT2D eigenvalue weighted by molar-refractivity contribution is 5.90. The third kappa shape index (κ3) is 4.73. The van der Waals surface area contributed by atoms with Gasteiger partial charge in [0.05, 0.1) is 6.61 Å². The lowest BCUT2D eigenvalue weighted by molar-refractivity contribution is 0.0691. The monoisotopic (exact) mass is 251 g/mol. The van der Waals surface area contributed by atoms with Gasteiger partial charge in [-0.1, -0.05) is 32.6 Å². The van der Waals surface area contributed by atoms with Gasteiger partial charge in [-0.2, -0.15) is 0 Å². The summed E-state index contributed by atoms with van der Waals surface area (Å²) in [5.41, 5.74) is 0.898. The summed E-state index contributed by atoms with van der Waals surface area (Å²) in [6.07, 6.45) is 5.70. The van der Waals surface area contributed by atoms with E-state index in [1.54, 1.807) is 6.07 Å². The van der Waals surface area contributed by atoms with Crippen LogP contribution in [0.1, 0.15) is 55.1 Å². The van der Waals surface area contributed by atoms with Crippen LogP contribution in [-0.4, -0.2) is 22.7 Å². The lowest BCUT2D eigenvalue weighted by Gasteiger charge is -2.08. The highest BCUT2D eigenvalue weighted by Gasteiger charge is 2.12. The SMILES string of the molecule is CCCCCCCOc1nc(C)ccc1C(=O)O. The number of aromatic nitrogens is 1. The predicted molar refractivity (Wildman–Crippen MR) is 70.2 cm³/mol. The molecule has 0 aliphatic rings. The fraction of sp³-hybridized carbons (Fsp3) is 0.571. The van der Waals surface area contributed by atoms with E-state index in [2.05, 4.69) is 11.9 Å². The molecule has 100 valence electrons. The Kier molecular flexibility index (Phi) is 6.19. The summed E-state index contributed by atoms with van der Waals surface area (Å²) in [5.74, 6) is -0.763. The van der Waals surface area contributed by atoms with E-state index in [1.165, 1.54) is 25.3 Å². The van der Waals surface area contributed by atoms with Gasteiger partial charge in [0, 0.05) is 5.69 Å². The molecule has 0 unspecified atom stereocenters. The van der Waals surface area contributed by atoms with Gasteiger partial charge in [-0.05, 0) is 25.5 Å². The largest absolute Gasteiger partial charge is 0.477 e. The van der Waals surface area contributed by atoms with E-state index in [0.717, 1.165) is 18.5 Å². The molecule has 0 spiro atoms. The fourth-order valence-corrected chi connectivity index (χ4v) is 1.68. The number of carbonyl (C=O) groups is 1. The van der Waals surface area contributed by atoms with E-state index in [4.69, 9.17) is 9.84 Å². The first-order valence-electron chi connectivity index (χ1n) is 6.49. The quantitative estimate of drug-likeness (QED) is 0.719. The molecule has 1 rings (SSSR count). The van der Waals surface area contributed by atoms with E-state index in [9.17, 15) is 4.79 Å². The smallest absolute Gasteiger partial charge is 0.341 e. The minimum Gasteiger partial charge on any atom is -0.477 e. The first-order chi connectivity index (χ1) is 8.65. The second-order valence-electron chi connectivity index (χ2n) is 4.37. The number of hydrogen-bond donors (Lipinski definition) is 1. The molecule has 0 bridgehead atoms. The third-order valence-electron chi connectivity index (χ3n) is 2.72. The Morgan fingerprint density at radius 1 is 1.28 bits per heavy atom. The molecule has 0 fully saturated rings. The van der Waals surface area contributed by atoms with Gasteiger partial charge < -0.3 is 9.84 Å². The van der Waals surface area contributed by atoms with E-state index < -0.39 is 5.97 Å². The van der Waals surface area contributed by atoms with Crippen molar-refractivity contribution < 1.29 is 14.6 Å². The number of carboxylic acids is 1. The molecule has 0 aliphatic heterocycles. The van der Waals surface area contributed by atoms with Crippen LogP contribution in [0.4, 0.5) is 0 Å². The highest BCUT2D eigenvalue weighted by atomic mass is 16.5. The van der Waals surface area contributed by atoms with Crippen molar-refractivity contribution in [2.45, 2.75) is 46.0 Å². The van der Waals surface area contributed by atoms with Crippen LogP contribution in [0.15, 0.2) is 12.1 Å². The predicted octanol–water partition coefficient (Wildman–Crippen LogP) is 3.44. The number of nitrogens with zero attached hydrogens (tertiary/aromatic N) is 1. The van der Waals surface area contributed by atoms with Crippen molar-refractivity contribution in [3.8, 4) is 5.88 Å². The molecule has 0 saturated heterocycles. The van der Waals surface area contributed by atoms with Crippen LogP contribution in [0.3, 0.4) is 0 Å². The van der Waals surface area contributed by atoms with Crippen LogP contribution in [0, 0.1) is 6.92 Å². The molecule has 4 heteroatoms. The van der Waals surface area contributed by atoms with E-state index in [1.807, 2.05) is 6.92 Å². The Labute approximate surface area is 108 Å². The molecule has 1 N–H and O–H groups in total. The Morgan fingerprint density at radius 2 is 2.00 bits per heavy atom. The first-order valence-corrected chi connectivity index (χ1v) is 6.49. The number of hydrogen-bond acceptors (Lipinski definition) is 3. The molecule has 1 aromatic rings. The Bertz CT molecular complexity index is 391. The van der Waals surface area contributed by atoms with Crippen LogP contribution in [0.25, 0.3) is 0 Å². The Balaban J connectivity index is 2.45. The molecule has 0 amide bonds. The molecule has 1 aromatic heterocycles. The van der Waals surface area contributed by atoms with E-state index in [0.29, 0.717) is 6.61 Å². The molecule has 0 atom stereocenters. The summed E-state index contributed by atoms with van der Waals surface area (Å²) in [7, 11) is 0. The van der Waals surface area contributed by atoms with Crippen LogP contribution in [0.2, 0.25) is 0 Å². The second-order valence-corrected chi connectivity index (χ2v) is 4.37. The zero-order chi connectivity index (χ0) is 13.4. The molecule has 0 aliphatic carbocycles. The fourth-order valence-electron chi connectivity index (χ4n) is 1.68. The van der Waals surface area contributed by atoms with Crippen molar-refractivity contribution in [3.63, 3.8) is 0 Å². The molecular formula is C14H21NO3. The van der Waals surface area contributed by atoms with Crippen LogP contribution in [0.5, 0.6) is 5.88 Å². The van der Waals surface area contributed by atoms with Gasteiger partial charge in [0.25, 0.3) is 0 Å². The molecule has 1 heterocycles. The maximum Gasteiger partial charge on any atom is 0.341 e. The van der Waals surface area contributed by atoms with Crippen molar-refractivity contribution >= 4 is 5.97 Å². The zero-order valence-corrected chi connectivity index (χ0v) is 11.1. The number of aryl methyl sites for hydroxylation is 1. The van der Waals surface area contributed by atoms with Gasteiger partial charge in [-0.15, -0.1) is 0 Å². The average Bonchev–Trinajstić information content (AvgIpc) is 2.33. The number of ether oxygens (including phenoxy) is 1. The first kappa shape index (κ1) is 14.5. The molecule has 0 radical (unpaired) electrons. The third-order valence-corrected chi connectivity index (χ3v) is 2.72. The van der Waals surface area contributed by atoms with Crippen molar-refractivity contribution in [2.75, 3.05) is 6.61 Å². The number of aromatic carboxylic acids is 1. The average molecular weight is 251 g/mol. The molecule has 0 aromatic carbocycles. The molecule has 0 saturated carbocycles. The lowest BCUT2D eigenvalue weighted by Crippen LogP contribution is -2.07. The van der Waals surface area contributed by atoms with Gasteiger partial charge in [0.2, 0.25) is 5.88 Å². The summed E-state index contributed by atoms with van der Waals surface area (Å²) < 4.78 is 5.47. The van der Waals surface area contributed by atoms with Crippen molar-refractivity contribution in [1.82, 2.24) is 4.98 Å². The van der Waals surface area contributed by atoms with Gasteiger partial charge in [0.1, 0.15) is 5.56 Å². The van der Waals surface area contributed by atoms with E-state index in [-0.39, 0.29) is 11.4 Å². The normalized spacial score (nSPS) is 10.3. The minimum absolute atomic E-state index is 0.133. The Hall–Kier alpha value is -1.58. The zero-order valence-electron chi connectivity index (χ0n) is 11.1. The standard InChI is InChI=1S/C14H21NO3/c1-3-4-5-6-7-10-18-13-12(14(16)17)9-8-11(2)15-13/h8-9H,3-7,10H2,1-2H3,(H,16,17). The summed E-state index contributed by atoms with van der Waals surface area (Å²) in [6.45, 7) is 4.52. The minimum atomic E-state index is -0.997. The topological polar surface area (TPSA) is 59.4 Å². The van der Waals surface area contributed by atoms with Gasteiger partial charge in [0.15, 0.2) is 0 Å². The van der Waals surface area contributed by atoms with Crippen molar-refractivity contribution in [1.29, 1.82) is 0 Å². The molecular weight excluding hydrogens is 230 g/mol. The summed E-state index contributed by atoms with van der Waals surface area (Å²) >= 11 is 0. The van der Waals surface area contributed by atoms with Crippen molar-refractivity contribution in [3.05, 3.63) is 23.4 Å². The van der Waals surface area contributed by atoms with Crippen molar-refractivity contribution in [2.24, 2.45) is 0 Å². The maximum absolute atomic E-state index is 11.0. The van der Waals surface area contributed by atoms with E-state index >= 15 is 0 Å². The van der Waals surface area contributed by atoms with Gasteiger partial charge in [-0.3, -0.25) is 0 Å². The van der Waals surface area contributed by atoms with Gasteiger partial charge in [-0.25, -0.2) is 9.78 Å². The number of pyridine rings is 1. The number of unbranched alkanes of at least 4 members (excludes halogenated alkanes) is 4. The van der Waals surface area contributed by atoms with Gasteiger partial charge >= 0.3 is 5.97 Å². The maximum atomic E-state index is 11.0. The number of carboxylic acid groups (broad SMARTS) is 1. The summed E-state index contributed by atoms with van der Waals surface area (Å²) in [6, 6.07) is 3.22. The Morgan fingerprint density at radius 3 is 2.67 bits per heavy atom. The molecule has 18 heavy (non-hydrogen) atoms. The lowest BCUT2D eigenvalue weighted by atomic mass is 10.2.